The molecule has 1 rings (SSSR count). The zero-order valence-corrected chi connectivity index (χ0v) is 11.2. The van der Waals surface area contributed by atoms with Crippen LogP contribution in [0, 0.1) is 11.8 Å². The molecule has 0 aromatic carbocycles. The Kier molecular flexibility index (Phi) is 5.14. The smallest absolute Gasteiger partial charge is 0.323 e. The van der Waals surface area contributed by atoms with E-state index in [-0.39, 0.29) is 0 Å². The number of aliphatic carboxylic acids is 2. The summed E-state index contributed by atoms with van der Waals surface area (Å²) >= 11 is 0. The summed E-state index contributed by atoms with van der Waals surface area (Å²) in [6.45, 7) is 3.94. The van der Waals surface area contributed by atoms with E-state index in [1.165, 1.54) is 0 Å². The molecule has 7 heteroatoms. The molecular formula is C12H20N2O5. The largest absolute Gasteiger partial charge is 0.480 e. The Hall–Kier alpha value is -1.79. The number of carboxylic acid groups (broad SMARTS) is 2. The third-order valence-electron chi connectivity index (χ3n) is 3.06. The number of carbonyl (C=O) groups is 3. The van der Waals surface area contributed by atoms with E-state index in [2.05, 4.69) is 0 Å². The van der Waals surface area contributed by atoms with Crippen molar-refractivity contribution in [2.75, 3.05) is 26.2 Å². The van der Waals surface area contributed by atoms with Crippen molar-refractivity contribution in [3.05, 3.63) is 0 Å². The zero-order valence-electron chi connectivity index (χ0n) is 11.2. The van der Waals surface area contributed by atoms with E-state index in [1.54, 1.807) is 4.90 Å². The minimum absolute atomic E-state index is 0.337. The van der Waals surface area contributed by atoms with Crippen LogP contribution in [0.1, 0.15) is 20.3 Å². The summed E-state index contributed by atoms with van der Waals surface area (Å²) in [5.74, 6) is -1.76. The predicted octanol–water partition coefficient (Wildman–Crippen LogP) is 0.556. The fraction of sp³-hybridized carbons (Fsp3) is 0.750. The van der Waals surface area contributed by atoms with Gasteiger partial charge in [-0.1, -0.05) is 13.8 Å². The minimum atomic E-state index is -1.22. The molecule has 0 aromatic rings. The van der Waals surface area contributed by atoms with Gasteiger partial charge in [0.15, 0.2) is 0 Å². The first kappa shape index (κ1) is 15.3. The van der Waals surface area contributed by atoms with Crippen LogP contribution in [0.3, 0.4) is 0 Å². The van der Waals surface area contributed by atoms with Crippen LogP contribution in [0.25, 0.3) is 0 Å². The number of nitrogens with zero attached hydrogens (tertiary/aromatic N) is 2. The van der Waals surface area contributed by atoms with Gasteiger partial charge in [0.2, 0.25) is 0 Å². The topological polar surface area (TPSA) is 98.2 Å². The molecule has 1 aliphatic rings. The standard InChI is InChI=1S/C12H20N2O5/c1-8-3-9(2)5-13(4-8)12(19)14(6-10(15)16)7-11(17)18/h8-9H,3-7H2,1-2H3,(H,15,16)(H,17,18). The molecule has 1 saturated heterocycles. The summed E-state index contributed by atoms with van der Waals surface area (Å²) in [5.41, 5.74) is 0. The van der Waals surface area contributed by atoms with Gasteiger partial charge in [0.05, 0.1) is 0 Å². The molecule has 0 aliphatic carbocycles. The third kappa shape index (κ3) is 4.76. The SMILES string of the molecule is CC1CC(C)CN(C(=O)N(CC(=O)O)CC(=O)O)C1. The van der Waals surface area contributed by atoms with Gasteiger partial charge in [0.1, 0.15) is 13.1 Å². The Bertz CT molecular complexity index is 345. The lowest BCUT2D eigenvalue weighted by molar-refractivity contribution is -0.140. The highest BCUT2D eigenvalue weighted by molar-refractivity contribution is 5.84. The van der Waals surface area contributed by atoms with Crippen LogP contribution in [0.2, 0.25) is 0 Å². The molecule has 0 aromatic heterocycles. The zero-order chi connectivity index (χ0) is 14.6. The Morgan fingerprint density at radius 1 is 1.05 bits per heavy atom. The van der Waals surface area contributed by atoms with Gasteiger partial charge >= 0.3 is 18.0 Å². The molecule has 0 radical (unpaired) electrons. The quantitative estimate of drug-likeness (QED) is 0.779. The Morgan fingerprint density at radius 2 is 1.47 bits per heavy atom. The van der Waals surface area contributed by atoms with Gasteiger partial charge < -0.3 is 20.0 Å². The van der Waals surface area contributed by atoms with Crippen molar-refractivity contribution >= 4 is 18.0 Å². The van der Waals surface area contributed by atoms with Crippen molar-refractivity contribution in [1.29, 1.82) is 0 Å². The van der Waals surface area contributed by atoms with Gasteiger partial charge in [-0.2, -0.15) is 0 Å². The molecule has 108 valence electrons. The first-order valence-electron chi connectivity index (χ1n) is 6.27. The maximum Gasteiger partial charge on any atom is 0.323 e. The number of carbonyl (C=O) groups excluding carboxylic acids is 1. The summed E-state index contributed by atoms with van der Waals surface area (Å²) < 4.78 is 0. The minimum Gasteiger partial charge on any atom is -0.480 e. The second kappa shape index (κ2) is 6.40. The van der Waals surface area contributed by atoms with E-state index in [9.17, 15) is 14.4 Å². The number of amides is 2. The lowest BCUT2D eigenvalue weighted by Gasteiger charge is -2.37. The summed E-state index contributed by atoms with van der Waals surface area (Å²) in [5, 5.41) is 17.5. The number of hydrogen-bond donors (Lipinski definition) is 2. The molecule has 7 nitrogen and oxygen atoms in total. The van der Waals surface area contributed by atoms with Crippen LogP contribution in [-0.2, 0) is 9.59 Å². The van der Waals surface area contributed by atoms with Crippen LogP contribution < -0.4 is 0 Å². The number of piperidine rings is 1. The molecule has 2 unspecified atom stereocenters. The highest BCUT2D eigenvalue weighted by Gasteiger charge is 2.30. The summed E-state index contributed by atoms with van der Waals surface area (Å²) in [6, 6.07) is -0.511. The molecule has 1 fully saturated rings. The van der Waals surface area contributed by atoms with Gasteiger partial charge in [-0.15, -0.1) is 0 Å². The van der Waals surface area contributed by atoms with Crippen molar-refractivity contribution < 1.29 is 24.6 Å². The summed E-state index contributed by atoms with van der Waals surface area (Å²) in [6.07, 6.45) is 1.02. The molecular weight excluding hydrogens is 252 g/mol. The number of rotatable bonds is 4. The van der Waals surface area contributed by atoms with Crippen LogP contribution in [0.15, 0.2) is 0 Å². The highest BCUT2D eigenvalue weighted by atomic mass is 16.4. The van der Waals surface area contributed by atoms with E-state index in [4.69, 9.17) is 10.2 Å². The van der Waals surface area contributed by atoms with Crippen molar-refractivity contribution in [3.63, 3.8) is 0 Å². The van der Waals surface area contributed by atoms with Crippen LogP contribution in [0.4, 0.5) is 4.79 Å². The monoisotopic (exact) mass is 272 g/mol. The Labute approximate surface area is 111 Å². The fourth-order valence-electron chi connectivity index (χ4n) is 2.54. The average Bonchev–Trinajstić information content (AvgIpc) is 2.24. The van der Waals surface area contributed by atoms with Crippen molar-refractivity contribution in [2.45, 2.75) is 20.3 Å². The van der Waals surface area contributed by atoms with E-state index >= 15 is 0 Å². The number of hydrogen-bond acceptors (Lipinski definition) is 3. The van der Waals surface area contributed by atoms with Gasteiger partial charge in [-0.05, 0) is 18.3 Å². The average molecular weight is 272 g/mol. The molecule has 1 aliphatic heterocycles. The van der Waals surface area contributed by atoms with E-state index in [1.807, 2.05) is 13.8 Å². The van der Waals surface area contributed by atoms with E-state index in [0.29, 0.717) is 24.9 Å². The van der Waals surface area contributed by atoms with Gasteiger partial charge in [-0.25, -0.2) is 4.79 Å². The van der Waals surface area contributed by atoms with Gasteiger partial charge in [-0.3, -0.25) is 9.59 Å². The molecule has 2 N–H and O–H groups in total. The first-order valence-corrected chi connectivity index (χ1v) is 6.27. The molecule has 0 saturated carbocycles. The molecule has 0 bridgehead atoms. The fourth-order valence-corrected chi connectivity index (χ4v) is 2.54. The Morgan fingerprint density at radius 3 is 1.84 bits per heavy atom. The van der Waals surface area contributed by atoms with Crippen LogP contribution in [-0.4, -0.2) is 64.2 Å². The Balaban J connectivity index is 2.74. The number of urea groups is 1. The van der Waals surface area contributed by atoms with Crippen molar-refractivity contribution in [2.24, 2.45) is 11.8 Å². The highest BCUT2D eigenvalue weighted by Crippen LogP contribution is 2.21. The maximum atomic E-state index is 12.2. The number of likely N-dealkylation sites (tertiary alicyclic amines) is 1. The second-order valence-electron chi connectivity index (χ2n) is 5.28. The molecule has 2 atom stereocenters. The molecule has 2 amide bonds. The summed E-state index contributed by atoms with van der Waals surface area (Å²) in [7, 11) is 0. The first-order chi connectivity index (χ1) is 8.79. The lowest BCUT2D eigenvalue weighted by Crippen LogP contribution is -2.51. The third-order valence-corrected chi connectivity index (χ3v) is 3.06. The molecule has 0 spiro atoms. The van der Waals surface area contributed by atoms with E-state index < -0.39 is 31.1 Å². The lowest BCUT2D eigenvalue weighted by atomic mass is 9.92. The van der Waals surface area contributed by atoms with E-state index in [0.717, 1.165) is 11.3 Å². The van der Waals surface area contributed by atoms with Gasteiger partial charge in [0.25, 0.3) is 0 Å². The summed E-state index contributed by atoms with van der Waals surface area (Å²) in [4.78, 5) is 36.0. The molecule has 1 heterocycles. The van der Waals surface area contributed by atoms with Gasteiger partial charge in [0, 0.05) is 13.1 Å². The predicted molar refractivity (Wildman–Crippen MR) is 66.8 cm³/mol. The van der Waals surface area contributed by atoms with Crippen LogP contribution in [0.5, 0.6) is 0 Å². The second-order valence-corrected chi connectivity index (χ2v) is 5.28. The number of carboxylic acids is 2. The van der Waals surface area contributed by atoms with Crippen molar-refractivity contribution in [3.8, 4) is 0 Å². The molecule has 19 heavy (non-hydrogen) atoms. The normalized spacial score (nSPS) is 22.9. The maximum absolute atomic E-state index is 12.2. The van der Waals surface area contributed by atoms with Crippen LogP contribution >= 0.6 is 0 Å². The van der Waals surface area contributed by atoms with Crippen molar-refractivity contribution in [1.82, 2.24) is 9.80 Å².